The maximum absolute atomic E-state index is 13.3. The number of nitrogens with zero attached hydrogens (tertiary/aromatic N) is 2. The Bertz CT molecular complexity index is 1160. The number of amides is 1. The number of hydrogen-bond acceptors (Lipinski definition) is 6. The summed E-state index contributed by atoms with van der Waals surface area (Å²) >= 11 is 18.5. The highest BCUT2D eigenvalue weighted by Crippen LogP contribution is 2.34. The fourth-order valence-corrected chi connectivity index (χ4v) is 3.69. The van der Waals surface area contributed by atoms with E-state index in [1.807, 2.05) is 0 Å². The Balaban J connectivity index is 1.93. The van der Waals surface area contributed by atoms with Crippen LogP contribution < -0.4 is 4.84 Å². The quantitative estimate of drug-likeness (QED) is 0.304. The first-order chi connectivity index (χ1) is 15.2. The van der Waals surface area contributed by atoms with Gasteiger partial charge in [0.15, 0.2) is 5.75 Å². The Labute approximate surface area is 199 Å². The van der Waals surface area contributed by atoms with Gasteiger partial charge in [-0.15, -0.1) is 0 Å². The van der Waals surface area contributed by atoms with Crippen LogP contribution in [0.3, 0.4) is 0 Å². The lowest BCUT2D eigenvalue weighted by Gasteiger charge is -2.21. The molecule has 7 nitrogen and oxygen atoms in total. The van der Waals surface area contributed by atoms with Crippen LogP contribution in [0.15, 0.2) is 40.9 Å². The van der Waals surface area contributed by atoms with Crippen LogP contribution in [0.2, 0.25) is 15.1 Å². The fraction of sp³-hybridized carbons (Fsp3) is 0.227. The summed E-state index contributed by atoms with van der Waals surface area (Å²) in [5.41, 5.74) is 1.58. The second-order valence-electron chi connectivity index (χ2n) is 6.70. The Morgan fingerprint density at radius 1 is 1.09 bits per heavy atom. The molecule has 1 heterocycles. The molecule has 0 saturated carbocycles. The van der Waals surface area contributed by atoms with Gasteiger partial charge in [0.25, 0.3) is 5.91 Å². The molecule has 0 fully saturated rings. The van der Waals surface area contributed by atoms with Gasteiger partial charge in [0.2, 0.25) is 0 Å². The van der Waals surface area contributed by atoms with Gasteiger partial charge in [-0.05, 0) is 43.7 Å². The predicted octanol–water partition coefficient (Wildman–Crippen LogP) is 5.78. The summed E-state index contributed by atoms with van der Waals surface area (Å²) in [5, 5.41) is 6.17. The molecule has 0 aliphatic heterocycles. The van der Waals surface area contributed by atoms with E-state index in [-0.39, 0.29) is 35.0 Å². The van der Waals surface area contributed by atoms with Gasteiger partial charge in [0, 0.05) is 10.6 Å². The third kappa shape index (κ3) is 5.18. The molecule has 0 spiro atoms. The lowest BCUT2D eigenvalue weighted by molar-refractivity contribution is -0.139. The van der Waals surface area contributed by atoms with Crippen LogP contribution in [-0.2, 0) is 16.0 Å². The SMILES string of the molecule is CCN(Oc1ccc(Cl)cc1Cl)C(=O)c1c(-c2ccc(CC(=O)OC)cc2Cl)noc1C. The van der Waals surface area contributed by atoms with E-state index in [9.17, 15) is 9.59 Å². The number of hydrogen-bond donors (Lipinski definition) is 0. The molecule has 2 aromatic carbocycles. The van der Waals surface area contributed by atoms with Crippen molar-refractivity contribution in [2.45, 2.75) is 20.3 Å². The molecule has 1 aromatic heterocycles. The van der Waals surface area contributed by atoms with Gasteiger partial charge in [-0.3, -0.25) is 9.59 Å². The van der Waals surface area contributed by atoms with Gasteiger partial charge in [-0.2, -0.15) is 5.06 Å². The monoisotopic (exact) mass is 496 g/mol. The number of rotatable bonds is 7. The van der Waals surface area contributed by atoms with Crippen LogP contribution in [-0.4, -0.2) is 35.8 Å². The first-order valence-electron chi connectivity index (χ1n) is 9.51. The van der Waals surface area contributed by atoms with E-state index in [0.29, 0.717) is 26.9 Å². The molecule has 32 heavy (non-hydrogen) atoms. The molecule has 0 unspecified atom stereocenters. The van der Waals surface area contributed by atoms with Crippen molar-refractivity contribution < 1.29 is 23.7 Å². The minimum Gasteiger partial charge on any atom is -0.469 e. The van der Waals surface area contributed by atoms with Crippen LogP contribution in [0, 0.1) is 6.92 Å². The smallest absolute Gasteiger partial charge is 0.309 e. The number of methoxy groups -OCH3 is 1. The summed E-state index contributed by atoms with van der Waals surface area (Å²) in [6.45, 7) is 3.58. The van der Waals surface area contributed by atoms with Crippen molar-refractivity contribution >= 4 is 46.7 Å². The van der Waals surface area contributed by atoms with E-state index in [4.69, 9.17) is 44.2 Å². The zero-order valence-corrected chi connectivity index (χ0v) is 19.7. The Kier molecular flexibility index (Phi) is 7.66. The number of aromatic nitrogens is 1. The lowest BCUT2D eigenvalue weighted by atomic mass is 10.0. The van der Waals surface area contributed by atoms with E-state index >= 15 is 0 Å². The highest BCUT2D eigenvalue weighted by Gasteiger charge is 2.28. The third-order valence-electron chi connectivity index (χ3n) is 4.56. The molecule has 3 aromatic rings. The largest absolute Gasteiger partial charge is 0.469 e. The van der Waals surface area contributed by atoms with Crippen LogP contribution in [0.25, 0.3) is 11.3 Å². The number of benzene rings is 2. The highest BCUT2D eigenvalue weighted by atomic mass is 35.5. The molecular formula is C22H19Cl3N2O5. The fourth-order valence-electron chi connectivity index (χ4n) is 2.95. The number of esters is 1. The average molecular weight is 498 g/mol. The van der Waals surface area contributed by atoms with Crippen molar-refractivity contribution in [3.63, 3.8) is 0 Å². The summed E-state index contributed by atoms with van der Waals surface area (Å²) in [6.07, 6.45) is 0.0689. The Morgan fingerprint density at radius 2 is 1.84 bits per heavy atom. The summed E-state index contributed by atoms with van der Waals surface area (Å²) in [6, 6.07) is 9.68. The molecule has 0 saturated heterocycles. The minimum atomic E-state index is -0.484. The second kappa shape index (κ2) is 10.3. The molecule has 0 radical (unpaired) electrons. The van der Waals surface area contributed by atoms with Gasteiger partial charge in [-0.1, -0.05) is 52.1 Å². The number of halogens is 3. The summed E-state index contributed by atoms with van der Waals surface area (Å²) < 4.78 is 9.97. The minimum absolute atomic E-state index is 0.0689. The van der Waals surface area contributed by atoms with Crippen LogP contribution in [0.1, 0.15) is 28.6 Å². The topological polar surface area (TPSA) is 81.9 Å². The summed E-state index contributed by atoms with van der Waals surface area (Å²) in [4.78, 5) is 30.6. The average Bonchev–Trinajstić information content (AvgIpc) is 3.13. The zero-order valence-electron chi connectivity index (χ0n) is 17.4. The van der Waals surface area contributed by atoms with Crippen molar-refractivity contribution in [3.05, 3.63) is 68.4 Å². The van der Waals surface area contributed by atoms with Crippen molar-refractivity contribution in [2.24, 2.45) is 0 Å². The summed E-state index contributed by atoms with van der Waals surface area (Å²) in [7, 11) is 1.31. The van der Waals surface area contributed by atoms with E-state index in [0.717, 1.165) is 5.06 Å². The van der Waals surface area contributed by atoms with Gasteiger partial charge in [0.1, 0.15) is 17.0 Å². The normalized spacial score (nSPS) is 10.7. The van der Waals surface area contributed by atoms with Crippen molar-refractivity contribution in [1.82, 2.24) is 10.2 Å². The van der Waals surface area contributed by atoms with Crippen LogP contribution >= 0.6 is 34.8 Å². The standard InChI is InChI=1S/C22H19Cl3N2O5/c1-4-27(32-18-8-6-14(23)11-17(18)25)22(29)20-12(2)31-26-21(20)15-7-5-13(9-16(15)24)10-19(28)30-3/h5-9,11H,4,10H2,1-3H3. The maximum atomic E-state index is 13.3. The van der Waals surface area contributed by atoms with E-state index in [1.54, 1.807) is 44.2 Å². The van der Waals surface area contributed by atoms with Gasteiger partial charge >= 0.3 is 5.97 Å². The van der Waals surface area contributed by atoms with E-state index < -0.39 is 11.9 Å². The second-order valence-corrected chi connectivity index (χ2v) is 7.95. The van der Waals surface area contributed by atoms with Crippen molar-refractivity contribution in [3.8, 4) is 17.0 Å². The van der Waals surface area contributed by atoms with E-state index in [1.165, 1.54) is 13.2 Å². The molecule has 0 aliphatic rings. The molecule has 3 rings (SSSR count). The predicted molar refractivity (Wildman–Crippen MR) is 121 cm³/mol. The zero-order chi connectivity index (χ0) is 23.4. The maximum Gasteiger partial charge on any atom is 0.309 e. The first-order valence-corrected chi connectivity index (χ1v) is 10.6. The molecule has 1 amide bonds. The van der Waals surface area contributed by atoms with Gasteiger partial charge in [0.05, 0.1) is 30.1 Å². The van der Waals surface area contributed by atoms with E-state index in [2.05, 4.69) is 9.89 Å². The number of hydroxylamine groups is 2. The Hall–Kier alpha value is -2.74. The van der Waals surface area contributed by atoms with Crippen LogP contribution in [0.5, 0.6) is 5.75 Å². The third-order valence-corrected chi connectivity index (χ3v) is 5.40. The van der Waals surface area contributed by atoms with Crippen molar-refractivity contribution in [1.29, 1.82) is 0 Å². The molecular weight excluding hydrogens is 479 g/mol. The van der Waals surface area contributed by atoms with Crippen molar-refractivity contribution in [2.75, 3.05) is 13.7 Å². The lowest BCUT2D eigenvalue weighted by Crippen LogP contribution is -2.34. The first kappa shape index (κ1) is 23.9. The Morgan fingerprint density at radius 3 is 2.47 bits per heavy atom. The molecule has 0 bridgehead atoms. The number of carbonyl (C=O) groups excluding carboxylic acids is 2. The van der Waals surface area contributed by atoms with Gasteiger partial charge in [-0.25, -0.2) is 0 Å². The number of aryl methyl sites for hydroxylation is 1. The molecule has 168 valence electrons. The number of carbonyl (C=O) groups is 2. The summed E-state index contributed by atoms with van der Waals surface area (Å²) in [5.74, 6) is -0.309. The van der Waals surface area contributed by atoms with Gasteiger partial charge < -0.3 is 14.1 Å². The number of ether oxygens (including phenoxy) is 1. The molecule has 10 heteroatoms. The van der Waals surface area contributed by atoms with Crippen LogP contribution in [0.4, 0.5) is 0 Å². The highest BCUT2D eigenvalue weighted by molar-refractivity contribution is 6.35. The molecule has 0 aliphatic carbocycles. The molecule has 0 atom stereocenters. The molecule has 0 N–H and O–H groups in total.